The van der Waals surface area contributed by atoms with Crippen LogP contribution in [0.4, 0.5) is 25.1 Å². The topological polar surface area (TPSA) is 87.4 Å². The van der Waals surface area contributed by atoms with Crippen LogP contribution in [0.1, 0.15) is 12.8 Å². The molecule has 3 aromatic rings. The fraction of sp³-hybridized carbons (Fsp3) is 0.300. The van der Waals surface area contributed by atoms with E-state index in [1.807, 2.05) is 24.0 Å². The van der Waals surface area contributed by atoms with E-state index in [2.05, 4.69) is 20.4 Å². The summed E-state index contributed by atoms with van der Waals surface area (Å²) in [5.74, 6) is 0.211. The number of halogens is 2. The molecule has 1 aliphatic heterocycles. The molecule has 0 saturated carbocycles. The van der Waals surface area contributed by atoms with E-state index in [0.717, 1.165) is 23.5 Å². The third-order valence-electron chi connectivity index (χ3n) is 4.86. The van der Waals surface area contributed by atoms with Gasteiger partial charge in [0.15, 0.2) is 0 Å². The second-order valence-corrected chi connectivity index (χ2v) is 6.77. The molecule has 0 unspecified atom stereocenters. The van der Waals surface area contributed by atoms with Gasteiger partial charge in [0.05, 0.1) is 0 Å². The van der Waals surface area contributed by atoms with Crippen LogP contribution in [0.15, 0.2) is 41.1 Å². The number of hydrogen-bond donors (Lipinski definition) is 1. The van der Waals surface area contributed by atoms with Crippen molar-refractivity contribution in [3.05, 3.63) is 54.1 Å². The van der Waals surface area contributed by atoms with Crippen molar-refractivity contribution in [1.82, 2.24) is 20.0 Å². The van der Waals surface area contributed by atoms with Crippen molar-refractivity contribution in [2.45, 2.75) is 13.3 Å². The molecular formula is C20H20F2N6O2. The maximum absolute atomic E-state index is 13.7. The minimum atomic E-state index is -0.807. The third-order valence-corrected chi connectivity index (χ3v) is 4.86. The second kappa shape index (κ2) is 8.44. The van der Waals surface area contributed by atoms with Crippen molar-refractivity contribution in [1.29, 1.82) is 0 Å². The molecule has 30 heavy (non-hydrogen) atoms. The SMILES string of the molecule is CCc1nc(-c2ccc(N3CCN(C(=O)Nc4c(F)cccc4F)CC3)nc2)no1. The van der Waals surface area contributed by atoms with Gasteiger partial charge in [-0.25, -0.2) is 18.6 Å². The monoisotopic (exact) mass is 414 g/mol. The molecule has 0 bridgehead atoms. The van der Waals surface area contributed by atoms with Crippen LogP contribution in [0.2, 0.25) is 0 Å². The summed E-state index contributed by atoms with van der Waals surface area (Å²) < 4.78 is 32.6. The van der Waals surface area contributed by atoms with E-state index in [0.29, 0.717) is 44.3 Å². The van der Waals surface area contributed by atoms with E-state index in [1.54, 1.807) is 6.20 Å². The zero-order chi connectivity index (χ0) is 21.1. The number of aryl methyl sites for hydroxylation is 1. The van der Waals surface area contributed by atoms with Crippen molar-refractivity contribution in [2.75, 3.05) is 36.4 Å². The van der Waals surface area contributed by atoms with Crippen molar-refractivity contribution >= 4 is 17.5 Å². The van der Waals surface area contributed by atoms with Gasteiger partial charge < -0.3 is 19.6 Å². The Labute approximate surface area is 171 Å². The standard InChI is InChI=1S/C20H20F2N6O2/c1-2-17-24-19(26-30-17)13-6-7-16(23-12-13)27-8-10-28(11-9-27)20(29)25-18-14(21)4-3-5-15(18)22/h3-7,12H,2,8-11H2,1H3,(H,25,29). The summed E-state index contributed by atoms with van der Waals surface area (Å²) in [5, 5.41) is 6.25. The Morgan fingerprint density at radius 3 is 2.47 bits per heavy atom. The van der Waals surface area contributed by atoms with Crippen LogP contribution in [0.3, 0.4) is 0 Å². The third kappa shape index (κ3) is 4.07. The maximum atomic E-state index is 13.7. The minimum absolute atomic E-state index is 0.399. The number of urea groups is 1. The molecule has 1 fully saturated rings. The number of amides is 2. The molecule has 0 atom stereocenters. The number of anilines is 2. The zero-order valence-electron chi connectivity index (χ0n) is 16.3. The van der Waals surface area contributed by atoms with Gasteiger partial charge in [-0.05, 0) is 24.3 Å². The summed E-state index contributed by atoms with van der Waals surface area (Å²) in [6.07, 6.45) is 2.35. The first-order valence-corrected chi connectivity index (χ1v) is 9.59. The average molecular weight is 414 g/mol. The first-order chi connectivity index (χ1) is 14.5. The van der Waals surface area contributed by atoms with E-state index >= 15 is 0 Å². The largest absolute Gasteiger partial charge is 0.353 e. The first kappa shape index (κ1) is 19.7. The van der Waals surface area contributed by atoms with Crippen molar-refractivity contribution in [3.63, 3.8) is 0 Å². The first-order valence-electron chi connectivity index (χ1n) is 9.59. The van der Waals surface area contributed by atoms with Gasteiger partial charge in [-0.3, -0.25) is 0 Å². The minimum Gasteiger partial charge on any atom is -0.353 e. The number of rotatable bonds is 4. The molecule has 1 saturated heterocycles. The zero-order valence-corrected chi connectivity index (χ0v) is 16.3. The Morgan fingerprint density at radius 1 is 1.13 bits per heavy atom. The Morgan fingerprint density at radius 2 is 1.87 bits per heavy atom. The number of carbonyl (C=O) groups excluding carboxylic acids is 1. The predicted octanol–water partition coefficient (Wildman–Crippen LogP) is 3.33. The number of pyridine rings is 1. The van der Waals surface area contributed by atoms with Gasteiger partial charge in [-0.15, -0.1) is 0 Å². The van der Waals surface area contributed by atoms with Crippen LogP contribution in [-0.2, 0) is 6.42 Å². The Bertz CT molecular complexity index is 1010. The number of benzene rings is 1. The highest BCUT2D eigenvalue weighted by Gasteiger charge is 2.23. The van der Waals surface area contributed by atoms with Gasteiger partial charge in [-0.2, -0.15) is 4.98 Å². The highest BCUT2D eigenvalue weighted by Crippen LogP contribution is 2.21. The van der Waals surface area contributed by atoms with E-state index < -0.39 is 23.4 Å². The second-order valence-electron chi connectivity index (χ2n) is 6.77. The fourth-order valence-electron chi connectivity index (χ4n) is 3.16. The molecule has 3 heterocycles. The van der Waals surface area contributed by atoms with E-state index in [9.17, 15) is 13.6 Å². The van der Waals surface area contributed by atoms with Crippen LogP contribution in [-0.4, -0.2) is 52.2 Å². The summed E-state index contributed by atoms with van der Waals surface area (Å²) >= 11 is 0. The van der Waals surface area contributed by atoms with Crippen molar-refractivity contribution in [2.24, 2.45) is 0 Å². The molecule has 8 nitrogen and oxygen atoms in total. The normalized spacial score (nSPS) is 14.1. The summed E-state index contributed by atoms with van der Waals surface area (Å²) in [5.41, 5.74) is 0.321. The van der Waals surface area contributed by atoms with Crippen molar-refractivity contribution < 1.29 is 18.1 Å². The average Bonchev–Trinajstić information content (AvgIpc) is 3.26. The van der Waals surface area contributed by atoms with Crippen molar-refractivity contribution in [3.8, 4) is 11.4 Å². The smallest absolute Gasteiger partial charge is 0.322 e. The lowest BCUT2D eigenvalue weighted by Gasteiger charge is -2.35. The lowest BCUT2D eigenvalue weighted by atomic mass is 10.2. The van der Waals surface area contributed by atoms with E-state index in [1.165, 1.54) is 11.0 Å². The summed E-state index contributed by atoms with van der Waals surface area (Å²) in [6, 6.07) is 6.64. The molecule has 2 aromatic heterocycles. The number of para-hydroxylation sites is 1. The Balaban J connectivity index is 1.35. The van der Waals surface area contributed by atoms with Gasteiger partial charge in [0.25, 0.3) is 0 Å². The molecule has 2 amide bonds. The molecule has 10 heteroatoms. The van der Waals surface area contributed by atoms with Gasteiger partial charge in [0, 0.05) is 44.4 Å². The molecule has 1 N–H and O–H groups in total. The van der Waals surface area contributed by atoms with E-state index in [4.69, 9.17) is 4.52 Å². The van der Waals surface area contributed by atoms with E-state index in [-0.39, 0.29) is 0 Å². The van der Waals surface area contributed by atoms with Crippen LogP contribution >= 0.6 is 0 Å². The molecular weight excluding hydrogens is 394 g/mol. The molecule has 1 aromatic carbocycles. The van der Waals surface area contributed by atoms with Crippen LogP contribution in [0.25, 0.3) is 11.4 Å². The van der Waals surface area contributed by atoms with Gasteiger partial charge in [0.1, 0.15) is 23.1 Å². The summed E-state index contributed by atoms with van der Waals surface area (Å²) in [6.45, 7) is 3.82. The number of hydrogen-bond acceptors (Lipinski definition) is 6. The van der Waals surface area contributed by atoms with Crippen LogP contribution in [0.5, 0.6) is 0 Å². The number of piperazine rings is 1. The number of carbonyl (C=O) groups is 1. The van der Waals surface area contributed by atoms with Crippen LogP contribution in [0, 0.1) is 11.6 Å². The van der Waals surface area contributed by atoms with Crippen LogP contribution < -0.4 is 10.2 Å². The van der Waals surface area contributed by atoms with Gasteiger partial charge in [-0.1, -0.05) is 18.1 Å². The molecule has 0 aliphatic carbocycles. The lowest BCUT2D eigenvalue weighted by Crippen LogP contribution is -2.50. The molecule has 4 rings (SSSR count). The fourth-order valence-corrected chi connectivity index (χ4v) is 3.16. The molecule has 156 valence electrons. The molecule has 0 radical (unpaired) electrons. The summed E-state index contributed by atoms with van der Waals surface area (Å²) in [7, 11) is 0. The number of nitrogens with one attached hydrogen (secondary N) is 1. The maximum Gasteiger partial charge on any atom is 0.322 e. The lowest BCUT2D eigenvalue weighted by molar-refractivity contribution is 0.208. The highest BCUT2D eigenvalue weighted by atomic mass is 19.1. The number of aromatic nitrogens is 3. The summed E-state index contributed by atoms with van der Waals surface area (Å²) in [4.78, 5) is 24.7. The Hall–Kier alpha value is -3.56. The highest BCUT2D eigenvalue weighted by molar-refractivity contribution is 5.89. The van der Waals surface area contributed by atoms with Gasteiger partial charge in [0.2, 0.25) is 11.7 Å². The molecule has 1 aliphatic rings. The molecule has 0 spiro atoms. The van der Waals surface area contributed by atoms with Gasteiger partial charge >= 0.3 is 6.03 Å². The quantitative estimate of drug-likeness (QED) is 0.705. The number of nitrogens with zero attached hydrogens (tertiary/aromatic N) is 5. The Kier molecular flexibility index (Phi) is 5.55. The predicted molar refractivity (Wildman–Crippen MR) is 106 cm³/mol.